The van der Waals surface area contributed by atoms with Gasteiger partial charge in [0.15, 0.2) is 11.6 Å². The van der Waals surface area contributed by atoms with E-state index in [0.717, 1.165) is 17.0 Å². The van der Waals surface area contributed by atoms with E-state index in [1.54, 1.807) is 12.1 Å². The third-order valence-electron chi connectivity index (χ3n) is 3.56. The third kappa shape index (κ3) is 3.86. The predicted molar refractivity (Wildman–Crippen MR) is 91.4 cm³/mol. The molecule has 128 valence electrons. The quantitative estimate of drug-likeness (QED) is 0.607. The zero-order chi connectivity index (χ0) is 18.0. The number of hydrogen-bond acceptors (Lipinski definition) is 2. The van der Waals surface area contributed by atoms with Crippen LogP contribution in [-0.4, -0.2) is 5.91 Å². The van der Waals surface area contributed by atoms with Crippen LogP contribution in [0.25, 0.3) is 0 Å². The summed E-state index contributed by atoms with van der Waals surface area (Å²) in [7, 11) is 0. The molecule has 0 aliphatic rings. The minimum absolute atomic E-state index is 0.177. The number of rotatable bonds is 4. The van der Waals surface area contributed by atoms with Crippen LogP contribution in [0.3, 0.4) is 0 Å². The van der Waals surface area contributed by atoms with Crippen LogP contribution in [0.2, 0.25) is 5.02 Å². The van der Waals surface area contributed by atoms with Gasteiger partial charge in [-0.15, -0.1) is 11.3 Å². The van der Waals surface area contributed by atoms with Gasteiger partial charge in [0.05, 0.1) is 16.6 Å². The third-order valence-corrected chi connectivity index (χ3v) is 4.81. The maximum atomic E-state index is 13.4. The molecule has 25 heavy (non-hydrogen) atoms. The molecule has 2 nitrogen and oxygen atoms in total. The number of amides is 1. The van der Waals surface area contributed by atoms with Gasteiger partial charge >= 0.3 is 0 Å². The van der Waals surface area contributed by atoms with Crippen LogP contribution in [0.1, 0.15) is 26.8 Å². The average Bonchev–Trinajstić information content (AvgIpc) is 3.11. The number of hydrogen-bond donors (Lipinski definition) is 1. The highest BCUT2D eigenvalue weighted by Crippen LogP contribution is 2.28. The molecule has 0 saturated carbocycles. The van der Waals surface area contributed by atoms with Gasteiger partial charge in [0, 0.05) is 4.88 Å². The smallest absolute Gasteiger partial charge is 0.253 e. The molecule has 2 aromatic carbocycles. The molecule has 1 amide bonds. The Balaban J connectivity index is 1.94. The minimum Gasteiger partial charge on any atom is -0.340 e. The van der Waals surface area contributed by atoms with Gasteiger partial charge in [-0.25, -0.2) is 13.2 Å². The van der Waals surface area contributed by atoms with Gasteiger partial charge in [0.2, 0.25) is 0 Å². The molecule has 3 aromatic rings. The molecule has 1 heterocycles. The van der Waals surface area contributed by atoms with Gasteiger partial charge in [-0.1, -0.05) is 29.8 Å². The molecular weight excluding hydrogens is 371 g/mol. The standard InChI is InChI=1S/C18H11ClF3NOS/c19-13-9-15(22)14(21)8-12(13)18(24)23-17(16-2-1-7-25-16)10-3-5-11(20)6-4-10/h1-9,17H,(H,23,24)/t17-/m1/s1. The van der Waals surface area contributed by atoms with Crippen molar-refractivity contribution < 1.29 is 18.0 Å². The van der Waals surface area contributed by atoms with Gasteiger partial charge < -0.3 is 5.32 Å². The molecule has 0 aliphatic heterocycles. The van der Waals surface area contributed by atoms with Crippen LogP contribution in [-0.2, 0) is 0 Å². The highest BCUT2D eigenvalue weighted by Gasteiger charge is 2.21. The molecular formula is C18H11ClF3NOS. The summed E-state index contributed by atoms with van der Waals surface area (Å²) in [6, 6.07) is 10.2. The molecule has 1 atom stereocenters. The van der Waals surface area contributed by atoms with Crippen LogP contribution in [0.15, 0.2) is 53.9 Å². The van der Waals surface area contributed by atoms with Crippen LogP contribution in [0, 0.1) is 17.5 Å². The second-order valence-corrected chi connectivity index (χ2v) is 6.61. The van der Waals surface area contributed by atoms with Crippen molar-refractivity contribution in [1.29, 1.82) is 0 Å². The number of nitrogens with one attached hydrogen (secondary N) is 1. The Bertz CT molecular complexity index is 897. The molecule has 0 spiro atoms. The fourth-order valence-corrected chi connectivity index (χ4v) is 3.37. The number of thiophene rings is 1. The Hall–Kier alpha value is -2.31. The number of halogens is 4. The summed E-state index contributed by atoms with van der Waals surface area (Å²) in [5.74, 6) is -3.35. The molecule has 3 rings (SSSR count). The Morgan fingerprint density at radius 3 is 2.36 bits per heavy atom. The summed E-state index contributed by atoms with van der Waals surface area (Å²) in [5, 5.41) is 4.38. The van der Waals surface area contributed by atoms with Gasteiger partial charge in [-0.05, 0) is 41.3 Å². The molecule has 0 radical (unpaired) electrons. The summed E-state index contributed by atoms with van der Waals surface area (Å²) in [6.45, 7) is 0. The highest BCUT2D eigenvalue weighted by molar-refractivity contribution is 7.10. The first kappa shape index (κ1) is 17.5. The second-order valence-electron chi connectivity index (χ2n) is 5.22. The summed E-state index contributed by atoms with van der Waals surface area (Å²) in [4.78, 5) is 13.3. The highest BCUT2D eigenvalue weighted by atomic mass is 35.5. The number of carbonyl (C=O) groups is 1. The monoisotopic (exact) mass is 381 g/mol. The SMILES string of the molecule is O=C(N[C@H](c1ccc(F)cc1)c1cccs1)c1cc(F)c(F)cc1Cl. The van der Waals surface area contributed by atoms with Gasteiger partial charge in [-0.2, -0.15) is 0 Å². The molecule has 1 N–H and O–H groups in total. The minimum atomic E-state index is -1.16. The summed E-state index contributed by atoms with van der Waals surface area (Å²) in [5.41, 5.74) is 0.472. The van der Waals surface area contributed by atoms with Crippen molar-refractivity contribution in [1.82, 2.24) is 5.32 Å². The first-order valence-corrected chi connectivity index (χ1v) is 8.45. The lowest BCUT2D eigenvalue weighted by Crippen LogP contribution is -2.29. The topological polar surface area (TPSA) is 29.1 Å². The lowest BCUT2D eigenvalue weighted by Gasteiger charge is -2.18. The Morgan fingerprint density at radius 2 is 1.72 bits per heavy atom. The van der Waals surface area contributed by atoms with Gasteiger partial charge in [-0.3, -0.25) is 4.79 Å². The van der Waals surface area contributed by atoms with Crippen molar-refractivity contribution in [2.24, 2.45) is 0 Å². The molecule has 0 unspecified atom stereocenters. The fourth-order valence-electron chi connectivity index (χ4n) is 2.33. The normalized spacial score (nSPS) is 12.0. The van der Waals surface area contributed by atoms with Gasteiger partial charge in [0.1, 0.15) is 5.82 Å². The van der Waals surface area contributed by atoms with E-state index in [-0.39, 0.29) is 10.6 Å². The first-order chi connectivity index (χ1) is 12.0. The summed E-state index contributed by atoms with van der Waals surface area (Å²) in [6.07, 6.45) is 0. The van der Waals surface area contributed by atoms with Crippen LogP contribution in [0.4, 0.5) is 13.2 Å². The largest absolute Gasteiger partial charge is 0.340 e. The Kier molecular flexibility index (Phi) is 5.11. The lowest BCUT2D eigenvalue weighted by atomic mass is 10.0. The Morgan fingerprint density at radius 1 is 1.04 bits per heavy atom. The lowest BCUT2D eigenvalue weighted by molar-refractivity contribution is 0.0943. The summed E-state index contributed by atoms with van der Waals surface area (Å²) < 4.78 is 39.8. The number of benzene rings is 2. The van der Waals surface area contributed by atoms with E-state index in [1.807, 2.05) is 17.5 Å². The van der Waals surface area contributed by atoms with Crippen LogP contribution < -0.4 is 5.32 Å². The molecule has 7 heteroatoms. The molecule has 0 saturated heterocycles. The van der Waals surface area contributed by atoms with E-state index in [2.05, 4.69) is 5.32 Å². The second kappa shape index (κ2) is 7.29. The van der Waals surface area contributed by atoms with Crippen molar-refractivity contribution >= 4 is 28.8 Å². The van der Waals surface area contributed by atoms with E-state index in [0.29, 0.717) is 5.56 Å². The van der Waals surface area contributed by atoms with Crippen molar-refractivity contribution in [3.63, 3.8) is 0 Å². The zero-order valence-electron chi connectivity index (χ0n) is 12.6. The molecule has 1 aromatic heterocycles. The van der Waals surface area contributed by atoms with Crippen molar-refractivity contribution in [2.45, 2.75) is 6.04 Å². The van der Waals surface area contributed by atoms with E-state index in [1.165, 1.54) is 23.5 Å². The first-order valence-electron chi connectivity index (χ1n) is 7.20. The zero-order valence-corrected chi connectivity index (χ0v) is 14.2. The van der Waals surface area contributed by atoms with E-state index >= 15 is 0 Å². The maximum absolute atomic E-state index is 13.4. The van der Waals surface area contributed by atoms with E-state index in [9.17, 15) is 18.0 Å². The van der Waals surface area contributed by atoms with Crippen LogP contribution >= 0.6 is 22.9 Å². The molecule has 0 aliphatic carbocycles. The fraction of sp³-hybridized carbons (Fsp3) is 0.0556. The number of carbonyl (C=O) groups excluding carboxylic acids is 1. The average molecular weight is 382 g/mol. The van der Waals surface area contributed by atoms with Crippen LogP contribution in [0.5, 0.6) is 0 Å². The predicted octanol–water partition coefficient (Wildman–Crippen LogP) is 5.34. The Labute approximate surface area is 150 Å². The molecule has 0 bridgehead atoms. The van der Waals surface area contributed by atoms with Crippen molar-refractivity contribution in [2.75, 3.05) is 0 Å². The molecule has 0 fully saturated rings. The van der Waals surface area contributed by atoms with Gasteiger partial charge in [0.25, 0.3) is 5.91 Å². The van der Waals surface area contributed by atoms with Crippen molar-refractivity contribution in [3.05, 3.63) is 92.4 Å². The maximum Gasteiger partial charge on any atom is 0.253 e. The van der Waals surface area contributed by atoms with E-state index < -0.39 is 29.4 Å². The summed E-state index contributed by atoms with van der Waals surface area (Å²) >= 11 is 7.26. The van der Waals surface area contributed by atoms with Crippen molar-refractivity contribution in [3.8, 4) is 0 Å². The van der Waals surface area contributed by atoms with E-state index in [4.69, 9.17) is 11.6 Å².